The molecule has 6 heteroatoms. The summed E-state index contributed by atoms with van der Waals surface area (Å²) in [4.78, 5) is 0. The fraction of sp³-hybridized carbons (Fsp3) is 1.00. The molecule has 26 heavy (non-hydrogen) atoms. The fourth-order valence-electron chi connectivity index (χ4n) is 3.21. The van der Waals surface area contributed by atoms with Crippen LogP contribution in [-0.2, 0) is 10.1 Å². The van der Waals surface area contributed by atoms with Crippen molar-refractivity contribution in [1.82, 2.24) is 0 Å². The van der Waals surface area contributed by atoms with Crippen molar-refractivity contribution in [3.05, 3.63) is 0 Å². The Hall–Kier alpha value is 0.870. The van der Waals surface area contributed by atoms with Crippen molar-refractivity contribution in [2.45, 2.75) is 122 Å². The van der Waals surface area contributed by atoms with E-state index in [1.807, 2.05) is 0 Å². The second-order valence-electron chi connectivity index (χ2n) is 7.44. The van der Waals surface area contributed by atoms with Crippen molar-refractivity contribution in [2.75, 3.05) is 5.75 Å². The summed E-state index contributed by atoms with van der Waals surface area (Å²) in [5, 5.41) is 9.74. The van der Waals surface area contributed by atoms with Crippen LogP contribution in [0.15, 0.2) is 0 Å². The third kappa shape index (κ3) is 24.9. The number of hydrogen-bond acceptors (Lipinski definition) is 4. The standard InChI is InChI=1S/C20H42O4S.Na/c1-2-3-4-5-6-7-8-9-10-11-12-13-14-15-17-20(21)18-16-19-25(22,23)24;/h20-21H,2-19H2,1H3,(H,22,23,24);/q;+1/p-1. The molecule has 0 bridgehead atoms. The van der Waals surface area contributed by atoms with Crippen molar-refractivity contribution in [2.24, 2.45) is 0 Å². The first kappa shape index (κ1) is 29.1. The molecule has 4 nitrogen and oxygen atoms in total. The molecule has 152 valence electrons. The van der Waals surface area contributed by atoms with E-state index in [1.54, 1.807) is 0 Å². The molecule has 1 N–H and O–H groups in total. The molecule has 0 saturated carbocycles. The molecule has 0 aliphatic carbocycles. The first-order chi connectivity index (χ1) is 12.0. The van der Waals surface area contributed by atoms with Crippen LogP contribution in [-0.4, -0.2) is 29.9 Å². The van der Waals surface area contributed by atoms with Crippen LogP contribution in [0, 0.1) is 0 Å². The average molecular weight is 401 g/mol. The molecule has 1 unspecified atom stereocenters. The van der Waals surface area contributed by atoms with Gasteiger partial charge >= 0.3 is 29.6 Å². The number of hydrogen-bond donors (Lipinski definition) is 1. The minimum atomic E-state index is -4.13. The summed E-state index contributed by atoms with van der Waals surface area (Å²) < 4.78 is 31.4. The van der Waals surface area contributed by atoms with E-state index in [1.165, 1.54) is 77.0 Å². The molecule has 0 aromatic heterocycles. The van der Waals surface area contributed by atoms with Gasteiger partial charge in [0.15, 0.2) is 0 Å². The Bertz CT molecular complexity index is 374. The summed E-state index contributed by atoms with van der Waals surface area (Å²) in [6.45, 7) is 2.26. The van der Waals surface area contributed by atoms with Crippen LogP contribution in [0.4, 0.5) is 0 Å². The Morgan fingerprint density at radius 3 is 1.42 bits per heavy atom. The monoisotopic (exact) mass is 400 g/mol. The molecule has 0 aliphatic heterocycles. The third-order valence-corrected chi connectivity index (χ3v) is 5.61. The second-order valence-corrected chi connectivity index (χ2v) is 8.97. The average Bonchev–Trinajstić information content (AvgIpc) is 2.54. The fourth-order valence-corrected chi connectivity index (χ4v) is 3.73. The Labute approximate surface area is 185 Å². The van der Waals surface area contributed by atoms with E-state index in [9.17, 15) is 18.1 Å². The van der Waals surface area contributed by atoms with Gasteiger partial charge in [0.25, 0.3) is 0 Å². The van der Waals surface area contributed by atoms with Crippen molar-refractivity contribution in [1.29, 1.82) is 0 Å². The third-order valence-electron chi connectivity index (χ3n) is 4.82. The first-order valence-electron chi connectivity index (χ1n) is 10.6. The zero-order valence-corrected chi connectivity index (χ0v) is 20.2. The minimum absolute atomic E-state index is 0. The molecular formula is C20H41NaO4S. The number of aliphatic hydroxyl groups excluding tert-OH is 1. The van der Waals surface area contributed by atoms with Gasteiger partial charge in [0, 0.05) is 5.75 Å². The van der Waals surface area contributed by atoms with Crippen LogP contribution in [0.5, 0.6) is 0 Å². The van der Waals surface area contributed by atoms with Crippen LogP contribution < -0.4 is 29.6 Å². The molecule has 0 aromatic carbocycles. The van der Waals surface area contributed by atoms with Crippen LogP contribution in [0.2, 0.25) is 0 Å². The smallest absolute Gasteiger partial charge is 0.748 e. The molecule has 0 radical (unpaired) electrons. The Kier molecular flexibility index (Phi) is 23.0. The van der Waals surface area contributed by atoms with Crippen LogP contribution in [0.3, 0.4) is 0 Å². The van der Waals surface area contributed by atoms with Crippen LogP contribution in [0.25, 0.3) is 0 Å². The first-order valence-corrected chi connectivity index (χ1v) is 12.1. The van der Waals surface area contributed by atoms with Gasteiger partial charge in [-0.05, 0) is 19.3 Å². The summed E-state index contributed by atoms with van der Waals surface area (Å²) in [6, 6.07) is 0. The maximum Gasteiger partial charge on any atom is 1.00 e. The van der Waals surface area contributed by atoms with Gasteiger partial charge in [-0.2, -0.15) is 0 Å². The molecule has 0 amide bonds. The van der Waals surface area contributed by atoms with E-state index >= 15 is 0 Å². The van der Waals surface area contributed by atoms with Crippen molar-refractivity contribution < 1.29 is 47.6 Å². The van der Waals surface area contributed by atoms with Gasteiger partial charge in [0.05, 0.1) is 16.2 Å². The summed E-state index contributed by atoms with van der Waals surface area (Å²) in [5.41, 5.74) is 0. The van der Waals surface area contributed by atoms with E-state index in [0.717, 1.165) is 19.3 Å². The Balaban J connectivity index is 0. The zero-order chi connectivity index (χ0) is 18.8. The van der Waals surface area contributed by atoms with Crippen molar-refractivity contribution >= 4 is 10.1 Å². The summed E-state index contributed by atoms with van der Waals surface area (Å²) in [7, 11) is -4.13. The summed E-state index contributed by atoms with van der Waals surface area (Å²) in [6.07, 6.45) is 19.3. The zero-order valence-electron chi connectivity index (χ0n) is 17.4. The van der Waals surface area contributed by atoms with E-state index in [0.29, 0.717) is 6.42 Å². The minimum Gasteiger partial charge on any atom is -0.748 e. The Morgan fingerprint density at radius 2 is 1.04 bits per heavy atom. The van der Waals surface area contributed by atoms with Gasteiger partial charge in [0.1, 0.15) is 0 Å². The summed E-state index contributed by atoms with van der Waals surface area (Å²) in [5.74, 6) is -0.358. The maximum atomic E-state index is 10.5. The topological polar surface area (TPSA) is 77.4 Å². The van der Waals surface area contributed by atoms with E-state index in [4.69, 9.17) is 0 Å². The molecule has 0 heterocycles. The normalized spacial score (nSPS) is 12.7. The van der Waals surface area contributed by atoms with Gasteiger partial charge in [-0.25, -0.2) is 8.42 Å². The van der Waals surface area contributed by atoms with Gasteiger partial charge in [-0.3, -0.25) is 0 Å². The van der Waals surface area contributed by atoms with Gasteiger partial charge < -0.3 is 9.66 Å². The molecule has 0 rings (SSSR count). The predicted molar refractivity (Wildman–Crippen MR) is 105 cm³/mol. The van der Waals surface area contributed by atoms with Gasteiger partial charge in [-0.1, -0.05) is 96.8 Å². The summed E-state index contributed by atoms with van der Waals surface area (Å²) >= 11 is 0. The molecular weight excluding hydrogens is 359 g/mol. The number of aliphatic hydroxyl groups is 1. The number of unbranched alkanes of at least 4 members (excludes halogenated alkanes) is 13. The molecule has 0 saturated heterocycles. The quantitative estimate of drug-likeness (QED) is 0.205. The van der Waals surface area contributed by atoms with Crippen LogP contribution in [0.1, 0.15) is 116 Å². The second kappa shape index (κ2) is 20.6. The van der Waals surface area contributed by atoms with E-state index < -0.39 is 16.2 Å². The molecule has 0 aliphatic rings. The van der Waals surface area contributed by atoms with E-state index in [-0.39, 0.29) is 41.7 Å². The number of rotatable bonds is 19. The molecule has 0 fully saturated rings. The predicted octanol–water partition coefficient (Wildman–Crippen LogP) is 2.55. The van der Waals surface area contributed by atoms with Crippen molar-refractivity contribution in [3.63, 3.8) is 0 Å². The van der Waals surface area contributed by atoms with Crippen LogP contribution >= 0.6 is 0 Å². The van der Waals surface area contributed by atoms with Crippen molar-refractivity contribution in [3.8, 4) is 0 Å². The molecule has 0 aromatic rings. The van der Waals surface area contributed by atoms with E-state index in [2.05, 4.69) is 6.92 Å². The van der Waals surface area contributed by atoms with Gasteiger partial charge in [0.2, 0.25) is 0 Å². The Morgan fingerprint density at radius 1 is 0.692 bits per heavy atom. The molecule has 1 atom stereocenters. The molecule has 0 spiro atoms. The largest absolute Gasteiger partial charge is 1.00 e. The maximum absolute atomic E-state index is 10.5. The SMILES string of the molecule is CCCCCCCCCCCCCCCCC(O)CCCS(=O)(=O)[O-].[Na+]. The van der Waals surface area contributed by atoms with Gasteiger partial charge in [-0.15, -0.1) is 0 Å².